The first-order chi connectivity index (χ1) is 21.9. The summed E-state index contributed by atoms with van der Waals surface area (Å²) < 4.78 is 0. The summed E-state index contributed by atoms with van der Waals surface area (Å²) in [7, 11) is 0. The molecule has 0 unspecified atom stereocenters. The van der Waals surface area contributed by atoms with Crippen molar-refractivity contribution >= 4 is 40.3 Å². The number of hydrogen-bond acceptors (Lipinski definition) is 6. The van der Waals surface area contributed by atoms with Gasteiger partial charge < -0.3 is 32.7 Å². The predicted octanol–water partition coefficient (Wildman–Crippen LogP) is 2.83. The van der Waals surface area contributed by atoms with Crippen molar-refractivity contribution in [3.05, 3.63) is 48.0 Å². The number of unbranched alkanes of at least 4 members (excludes halogenated alkanes) is 1. The zero-order valence-electron chi connectivity index (χ0n) is 28.1. The molecule has 0 aromatic heterocycles. The number of carbonyl (C=O) groups excluding carboxylic acids is 5. The van der Waals surface area contributed by atoms with Crippen molar-refractivity contribution in [2.75, 3.05) is 6.54 Å². The van der Waals surface area contributed by atoms with Gasteiger partial charge in [-0.2, -0.15) is 0 Å². The molecule has 0 fully saturated rings. The van der Waals surface area contributed by atoms with E-state index < -0.39 is 47.8 Å². The van der Waals surface area contributed by atoms with Crippen molar-refractivity contribution in [1.29, 1.82) is 0 Å². The fourth-order valence-corrected chi connectivity index (χ4v) is 5.27. The summed E-state index contributed by atoms with van der Waals surface area (Å²) in [5.41, 5.74) is 12.1. The van der Waals surface area contributed by atoms with Crippen LogP contribution in [0.5, 0.6) is 0 Å². The largest absolute Gasteiger partial charge is 0.368 e. The number of nitrogens with one attached hydrogen (secondary N) is 4. The van der Waals surface area contributed by atoms with Gasteiger partial charge in [0.1, 0.15) is 24.2 Å². The Morgan fingerprint density at radius 1 is 0.761 bits per heavy atom. The number of primary amides is 1. The highest BCUT2D eigenvalue weighted by Gasteiger charge is 2.33. The topological polar surface area (TPSA) is 186 Å². The Labute approximate surface area is 273 Å². The van der Waals surface area contributed by atoms with Crippen LogP contribution in [0.1, 0.15) is 85.1 Å². The standard InChI is InChI=1S/C35H54N6O5/c1-6-12-30(42)38-29(21-24-16-17-25-13-8-9-14-26(25)20-24)34(45)41-31(23(5)7-2)35(46)39-27(15-10-11-18-36)33(44)40-28(32(37)43)19-22(3)4/h8-9,13-14,16-17,20,22-23,27-29,31H,6-7,10-12,15,18-19,21,36H2,1-5H3,(H2,37,43)(H,38,42)(H,39,46)(H,40,44)(H,41,45)/t23-,27-,28-,29-,31-/m0/s1. The highest BCUT2D eigenvalue weighted by molar-refractivity contribution is 5.95. The maximum Gasteiger partial charge on any atom is 0.243 e. The van der Waals surface area contributed by atoms with Gasteiger partial charge in [-0.25, -0.2) is 0 Å². The van der Waals surface area contributed by atoms with Crippen LogP contribution in [0.25, 0.3) is 10.8 Å². The molecule has 0 spiro atoms. The molecule has 0 saturated carbocycles. The van der Waals surface area contributed by atoms with Gasteiger partial charge in [-0.1, -0.05) is 83.5 Å². The van der Waals surface area contributed by atoms with Crippen LogP contribution in [0.4, 0.5) is 0 Å². The zero-order valence-corrected chi connectivity index (χ0v) is 28.1. The third-order valence-electron chi connectivity index (χ3n) is 8.12. The van der Waals surface area contributed by atoms with Gasteiger partial charge >= 0.3 is 0 Å². The average molecular weight is 639 g/mol. The molecule has 0 bridgehead atoms. The van der Waals surface area contributed by atoms with E-state index in [1.165, 1.54) is 0 Å². The lowest BCUT2D eigenvalue weighted by molar-refractivity contribution is -0.135. The Bertz CT molecular complexity index is 1320. The Kier molecular flexibility index (Phi) is 16.2. The maximum atomic E-state index is 13.8. The third kappa shape index (κ3) is 12.4. The molecule has 2 aromatic rings. The monoisotopic (exact) mass is 638 g/mol. The molecule has 11 heteroatoms. The molecule has 0 aliphatic carbocycles. The molecule has 2 aromatic carbocycles. The molecule has 0 heterocycles. The lowest BCUT2D eigenvalue weighted by Gasteiger charge is -2.29. The first-order valence-electron chi connectivity index (χ1n) is 16.6. The summed E-state index contributed by atoms with van der Waals surface area (Å²) in [6, 6.07) is 10.0. The highest BCUT2D eigenvalue weighted by Crippen LogP contribution is 2.18. The number of fused-ring (bicyclic) bond motifs is 1. The fourth-order valence-electron chi connectivity index (χ4n) is 5.27. The SMILES string of the molecule is CCCC(=O)N[C@@H](Cc1ccc2ccccc2c1)C(=O)N[C@H](C(=O)N[C@@H](CCCCN)C(=O)N[C@@H](CC(C)C)C(N)=O)[C@@H](C)CC. The molecule has 0 saturated heterocycles. The van der Waals surface area contributed by atoms with Crippen LogP contribution in [-0.4, -0.2) is 60.2 Å². The van der Waals surface area contributed by atoms with Crippen molar-refractivity contribution in [2.45, 2.75) is 110 Å². The molecular formula is C35H54N6O5. The van der Waals surface area contributed by atoms with Gasteiger partial charge in [0, 0.05) is 12.8 Å². The van der Waals surface area contributed by atoms with Crippen LogP contribution < -0.4 is 32.7 Å². The van der Waals surface area contributed by atoms with Crippen LogP contribution in [0.2, 0.25) is 0 Å². The quantitative estimate of drug-likeness (QED) is 0.121. The molecule has 0 radical (unpaired) electrons. The van der Waals surface area contributed by atoms with Crippen molar-refractivity contribution in [3.63, 3.8) is 0 Å². The van der Waals surface area contributed by atoms with Gasteiger partial charge in [0.25, 0.3) is 0 Å². The van der Waals surface area contributed by atoms with Gasteiger partial charge in [0.05, 0.1) is 0 Å². The van der Waals surface area contributed by atoms with Crippen molar-refractivity contribution in [1.82, 2.24) is 21.3 Å². The van der Waals surface area contributed by atoms with Gasteiger partial charge in [-0.05, 0) is 66.8 Å². The molecule has 0 aliphatic rings. The molecule has 2 rings (SSSR count). The van der Waals surface area contributed by atoms with Gasteiger partial charge in [-0.15, -0.1) is 0 Å². The number of carbonyl (C=O) groups is 5. The zero-order chi connectivity index (χ0) is 34.2. The minimum absolute atomic E-state index is 0.105. The van der Waals surface area contributed by atoms with Gasteiger partial charge in [-0.3, -0.25) is 24.0 Å². The minimum atomic E-state index is -0.980. The van der Waals surface area contributed by atoms with Crippen LogP contribution in [0.15, 0.2) is 42.5 Å². The molecular weight excluding hydrogens is 584 g/mol. The minimum Gasteiger partial charge on any atom is -0.368 e. The summed E-state index contributed by atoms with van der Waals surface area (Å²) in [6.45, 7) is 9.89. The van der Waals surface area contributed by atoms with E-state index >= 15 is 0 Å². The summed E-state index contributed by atoms with van der Waals surface area (Å²) in [5, 5.41) is 13.3. The fraction of sp³-hybridized carbons (Fsp3) is 0.571. The summed E-state index contributed by atoms with van der Waals surface area (Å²) >= 11 is 0. The van der Waals surface area contributed by atoms with Crippen LogP contribution in [0.3, 0.4) is 0 Å². The smallest absolute Gasteiger partial charge is 0.243 e. The Morgan fingerprint density at radius 2 is 1.41 bits per heavy atom. The van der Waals surface area contributed by atoms with Gasteiger partial charge in [0.2, 0.25) is 29.5 Å². The summed E-state index contributed by atoms with van der Waals surface area (Å²) in [5.74, 6) is -2.63. The van der Waals surface area contributed by atoms with E-state index in [1.54, 1.807) is 0 Å². The third-order valence-corrected chi connectivity index (χ3v) is 8.12. The molecule has 254 valence electrons. The molecule has 5 atom stereocenters. The summed E-state index contributed by atoms with van der Waals surface area (Å²) in [6.07, 6.45) is 3.55. The summed E-state index contributed by atoms with van der Waals surface area (Å²) in [4.78, 5) is 65.6. The van der Waals surface area contributed by atoms with Crippen molar-refractivity contribution in [2.24, 2.45) is 23.3 Å². The van der Waals surface area contributed by atoms with E-state index in [1.807, 2.05) is 77.1 Å². The Hall–Kier alpha value is -3.99. The molecule has 8 N–H and O–H groups in total. The molecule has 11 nitrogen and oxygen atoms in total. The average Bonchev–Trinajstić information content (AvgIpc) is 3.01. The van der Waals surface area contributed by atoms with E-state index in [9.17, 15) is 24.0 Å². The maximum absolute atomic E-state index is 13.8. The van der Waals surface area contributed by atoms with E-state index in [-0.39, 0.29) is 30.6 Å². The Balaban J connectivity index is 2.30. The highest BCUT2D eigenvalue weighted by atomic mass is 16.2. The first kappa shape index (κ1) is 38.2. The van der Waals surface area contributed by atoms with Crippen LogP contribution >= 0.6 is 0 Å². The number of nitrogens with two attached hydrogens (primary N) is 2. The van der Waals surface area contributed by atoms with E-state index in [4.69, 9.17) is 11.5 Å². The van der Waals surface area contributed by atoms with Gasteiger partial charge in [0.15, 0.2) is 0 Å². The molecule has 5 amide bonds. The van der Waals surface area contributed by atoms with E-state index in [0.29, 0.717) is 45.1 Å². The number of benzene rings is 2. The van der Waals surface area contributed by atoms with Crippen molar-refractivity contribution < 1.29 is 24.0 Å². The van der Waals surface area contributed by atoms with Crippen LogP contribution in [0, 0.1) is 11.8 Å². The lowest BCUT2D eigenvalue weighted by atomic mass is 9.96. The number of rotatable bonds is 20. The second-order valence-corrected chi connectivity index (χ2v) is 12.6. The predicted molar refractivity (Wildman–Crippen MR) is 181 cm³/mol. The lowest BCUT2D eigenvalue weighted by Crippen LogP contribution is -2.59. The number of amides is 5. The second-order valence-electron chi connectivity index (χ2n) is 12.6. The first-order valence-corrected chi connectivity index (χ1v) is 16.6. The second kappa shape index (κ2) is 19.5. The molecule has 46 heavy (non-hydrogen) atoms. The normalized spacial score (nSPS) is 14.5. The van der Waals surface area contributed by atoms with Crippen molar-refractivity contribution in [3.8, 4) is 0 Å². The molecule has 0 aliphatic heterocycles. The van der Waals surface area contributed by atoms with E-state index in [0.717, 1.165) is 16.3 Å². The number of hydrogen-bond donors (Lipinski definition) is 6. The van der Waals surface area contributed by atoms with E-state index in [2.05, 4.69) is 21.3 Å². The van der Waals surface area contributed by atoms with Crippen LogP contribution in [-0.2, 0) is 30.4 Å². The Morgan fingerprint density at radius 3 is 2.02 bits per heavy atom.